The molecule has 0 amide bonds. The summed E-state index contributed by atoms with van der Waals surface area (Å²) in [6, 6.07) is 108. The first-order valence-corrected chi connectivity index (χ1v) is 42.2. The molecule has 0 radical (unpaired) electrons. The summed E-state index contributed by atoms with van der Waals surface area (Å²) in [7, 11) is 1.60. The molecule has 0 atom stereocenters. The molecule has 1 aromatic heterocycles. The summed E-state index contributed by atoms with van der Waals surface area (Å²) < 4.78 is 5.28. The van der Waals surface area contributed by atoms with Crippen molar-refractivity contribution < 1.29 is 83.6 Å². The number of aryl methyl sites for hydroxylation is 8. The largest absolute Gasteiger partial charge is 0.496 e. The molecule has 0 aliphatic heterocycles. The lowest BCUT2D eigenvalue weighted by molar-refractivity contribution is 0.0685. The van der Waals surface area contributed by atoms with Crippen molar-refractivity contribution in [2.75, 3.05) is 7.11 Å². The number of Topliss-reactive ketones (excluding diaryl/α,β-unsaturated/α-hetero) is 2. The van der Waals surface area contributed by atoms with Crippen molar-refractivity contribution in [1.82, 2.24) is 4.98 Å². The van der Waals surface area contributed by atoms with E-state index in [1.165, 1.54) is 25.0 Å². The molecule has 0 saturated carbocycles. The molecule has 133 heavy (non-hydrogen) atoms. The number of carbonyl (C=O) groups is 9. The quantitative estimate of drug-likeness (QED) is 0.0370. The first-order valence-electron chi connectivity index (χ1n) is 42.2. The third-order valence-corrected chi connectivity index (χ3v) is 21.9. The van der Waals surface area contributed by atoms with Gasteiger partial charge < -0.3 is 40.5 Å². The molecule has 1 heterocycles. The number of rotatable bonds is 19. The molecule has 0 unspecified atom stereocenters. The van der Waals surface area contributed by atoms with Crippen LogP contribution in [0, 0.1) is 55.4 Å². The lowest BCUT2D eigenvalue weighted by Crippen LogP contribution is -2.00. The summed E-state index contributed by atoms with van der Waals surface area (Å²) in [5.74, 6) is -5.60. The number of aromatic carboxylic acids is 7. The van der Waals surface area contributed by atoms with E-state index < -0.39 is 41.8 Å². The molecule has 16 aromatic rings. The molecule has 18 heteroatoms. The summed E-state index contributed by atoms with van der Waals surface area (Å²) in [5.41, 5.74) is 27.4. The van der Waals surface area contributed by atoms with Gasteiger partial charge in [-0.25, -0.2) is 33.6 Å². The SMILES string of the molecule is CC(=O)c1ccc(-c2ccc(C)c(C(=O)O)c2)cc1.CC(=O)c1cccc(-c2ccc(C)c(C(=O)O)c2)c1.COc1ccccc1-c1ccc(C)c(C(=O)O)c1.Cc1ccc(-c2ccc(-c3ccccc3)cc2)cc1C(=O)O.Cc1ccc(-c2ccc(C)c(C(=O)O)c2)cc1.Cc1ccc(-c2ccccc2-c2ccccc2)cc1C(=O)O.Cc1ccc(-c2cccnc2)cc1C(=O)O. The number of hydrogen-bond donors (Lipinski definition) is 7. The number of carboxylic acid groups (broad SMARTS) is 7. The second kappa shape index (κ2) is 46.6. The first-order chi connectivity index (χ1) is 63.7. The topological polar surface area (TPSA) is 317 Å². The second-order valence-electron chi connectivity index (χ2n) is 31.3. The van der Waals surface area contributed by atoms with E-state index in [4.69, 9.17) is 30.3 Å². The van der Waals surface area contributed by atoms with E-state index in [1.807, 2.05) is 246 Å². The normalized spacial score (nSPS) is 10.2. The number of para-hydroxylation sites is 1. The predicted octanol–water partition coefficient (Wildman–Crippen LogP) is 27.0. The zero-order chi connectivity index (χ0) is 96.1. The minimum atomic E-state index is -0.943. The molecule has 0 fully saturated rings. The Kier molecular flexibility index (Phi) is 34.3. The van der Waals surface area contributed by atoms with Crippen LogP contribution in [0.5, 0.6) is 5.75 Å². The van der Waals surface area contributed by atoms with Crippen LogP contribution in [0.25, 0.3) is 100 Å². The Morgan fingerprint density at radius 1 is 0.218 bits per heavy atom. The summed E-state index contributed by atoms with van der Waals surface area (Å²) in [4.78, 5) is 105. The molecule has 0 saturated heterocycles. The highest BCUT2D eigenvalue weighted by Gasteiger charge is 2.19. The van der Waals surface area contributed by atoms with Crippen molar-refractivity contribution in [2.45, 2.75) is 69.2 Å². The average molecular weight is 1770 g/mol. The highest BCUT2D eigenvalue weighted by molar-refractivity contribution is 5.99. The number of aromatic nitrogens is 1. The summed E-state index contributed by atoms with van der Waals surface area (Å²) in [6.07, 6.45) is 3.41. The van der Waals surface area contributed by atoms with Crippen LogP contribution in [-0.4, -0.2) is 101 Å². The van der Waals surface area contributed by atoms with E-state index in [0.717, 1.165) is 139 Å². The molecule has 18 nitrogen and oxygen atoms in total. The van der Waals surface area contributed by atoms with E-state index >= 15 is 0 Å². The van der Waals surface area contributed by atoms with Crippen LogP contribution in [0.4, 0.5) is 0 Å². The summed E-state index contributed by atoms with van der Waals surface area (Å²) in [6.45, 7) is 17.6. The van der Waals surface area contributed by atoms with Gasteiger partial charge in [-0.3, -0.25) is 14.6 Å². The number of carboxylic acids is 7. The number of ether oxygens (including phenoxy) is 1. The molecule has 0 aliphatic rings. The lowest BCUT2D eigenvalue weighted by atomic mass is 9.93. The number of carbonyl (C=O) groups excluding carboxylic acids is 2. The Bertz CT molecular complexity index is 6900. The standard InChI is InChI=1S/2C20H16O2.2C16H14O3.C15H14O3.C15H14O2.C13H11NO2/c1-14-11-12-16(13-19(14)20(21)22)18-10-6-5-9-17(18)15-7-3-2-4-8-15;1-14-7-8-18(13-19(14)20(21)22)17-11-9-16(10-12-17)15-5-3-2-4-6-15;1-10-3-4-14(9-15(10)16(18)19)13-7-5-12(6-8-13)11(2)17;1-10-6-7-14(9-15(10)16(18)19)13-5-3-4-12(8-13)11(2)17;1-10-7-8-11(9-13(10)15(16)17)12-5-3-4-6-14(12)18-2;1-10-3-6-12(7-4-10)13-8-5-11(2)14(9-13)15(16)17;1-9-4-5-10(7-12(9)13(15)16)11-3-2-6-14-8-11/h2*2-13H,1H3,(H,21,22);2*3-9H,1-2H3,(H,18,19);3-9H,1-2H3,(H,16,17);3-9H,1-2H3,(H,16,17);2-8H,1H3,(H,15,16). The van der Waals surface area contributed by atoms with Gasteiger partial charge in [0.25, 0.3) is 0 Å². The van der Waals surface area contributed by atoms with Gasteiger partial charge in [-0.05, 0) is 258 Å². The van der Waals surface area contributed by atoms with E-state index in [2.05, 4.69) is 47.4 Å². The molecular formula is C115H99NO17. The molecule has 16 rings (SSSR count). The van der Waals surface area contributed by atoms with Crippen LogP contribution in [0.15, 0.2) is 358 Å². The highest BCUT2D eigenvalue weighted by atomic mass is 16.5. The highest BCUT2D eigenvalue weighted by Crippen LogP contribution is 2.36. The first kappa shape index (κ1) is 98.1. The Morgan fingerprint density at radius 2 is 0.466 bits per heavy atom. The van der Waals surface area contributed by atoms with Crippen LogP contribution in [-0.2, 0) is 0 Å². The van der Waals surface area contributed by atoms with Gasteiger partial charge in [0, 0.05) is 34.6 Å². The molecule has 0 spiro atoms. The summed E-state index contributed by atoms with van der Waals surface area (Å²) in [5, 5.41) is 64.0. The molecule has 666 valence electrons. The van der Waals surface area contributed by atoms with Gasteiger partial charge in [-0.15, -0.1) is 0 Å². The van der Waals surface area contributed by atoms with E-state index in [9.17, 15) is 53.4 Å². The molecule has 7 N–H and O–H groups in total. The fourth-order valence-electron chi connectivity index (χ4n) is 14.3. The van der Waals surface area contributed by atoms with Crippen molar-refractivity contribution >= 4 is 53.4 Å². The Balaban J connectivity index is 0.000000161. The third-order valence-electron chi connectivity index (χ3n) is 21.9. The zero-order valence-electron chi connectivity index (χ0n) is 75.2. The second-order valence-corrected chi connectivity index (χ2v) is 31.3. The van der Waals surface area contributed by atoms with Crippen LogP contribution in [0.2, 0.25) is 0 Å². The van der Waals surface area contributed by atoms with Crippen molar-refractivity contribution in [3.63, 3.8) is 0 Å². The average Bonchev–Trinajstić information content (AvgIpc) is 0.813. The van der Waals surface area contributed by atoms with Gasteiger partial charge >= 0.3 is 41.8 Å². The minimum absolute atomic E-state index is 0.00702. The van der Waals surface area contributed by atoms with Crippen LogP contribution in [0.3, 0.4) is 0 Å². The van der Waals surface area contributed by atoms with E-state index in [1.54, 1.807) is 132 Å². The molecule has 15 aromatic carbocycles. The van der Waals surface area contributed by atoms with Crippen molar-refractivity contribution in [3.05, 3.63) is 453 Å². The van der Waals surface area contributed by atoms with Gasteiger partial charge in [-0.1, -0.05) is 291 Å². The number of benzene rings is 15. The van der Waals surface area contributed by atoms with Crippen molar-refractivity contribution in [2.24, 2.45) is 0 Å². The maximum Gasteiger partial charge on any atom is 0.335 e. The van der Waals surface area contributed by atoms with Gasteiger partial charge in [0.1, 0.15) is 5.75 Å². The monoisotopic (exact) mass is 1770 g/mol. The molecule has 0 bridgehead atoms. The van der Waals surface area contributed by atoms with Gasteiger partial charge in [0.05, 0.1) is 46.1 Å². The fraction of sp³-hybridized carbons (Fsp3) is 0.0957. The van der Waals surface area contributed by atoms with Crippen molar-refractivity contribution in [3.8, 4) is 106 Å². The van der Waals surface area contributed by atoms with E-state index in [-0.39, 0.29) is 17.1 Å². The van der Waals surface area contributed by atoms with Crippen LogP contribution >= 0.6 is 0 Å². The maximum absolute atomic E-state index is 11.4. The molecule has 0 aliphatic carbocycles. The smallest absolute Gasteiger partial charge is 0.335 e. The number of nitrogens with zero attached hydrogens (tertiary/aromatic N) is 1. The van der Waals surface area contributed by atoms with Gasteiger partial charge in [0.15, 0.2) is 11.6 Å². The predicted molar refractivity (Wildman–Crippen MR) is 525 cm³/mol. The Hall–Kier alpha value is -17.1. The number of ketones is 2. The maximum atomic E-state index is 11.4. The minimum Gasteiger partial charge on any atom is -0.496 e. The van der Waals surface area contributed by atoms with Gasteiger partial charge in [0.2, 0.25) is 0 Å². The van der Waals surface area contributed by atoms with Crippen LogP contribution < -0.4 is 4.74 Å². The lowest BCUT2D eigenvalue weighted by Gasteiger charge is -2.11. The number of hydrogen-bond acceptors (Lipinski definition) is 11. The van der Waals surface area contributed by atoms with Crippen LogP contribution in [0.1, 0.15) is 152 Å². The third kappa shape index (κ3) is 26.8. The van der Waals surface area contributed by atoms with E-state index in [0.29, 0.717) is 44.5 Å². The zero-order valence-corrected chi connectivity index (χ0v) is 75.2. The Labute approximate surface area is 772 Å². The van der Waals surface area contributed by atoms with Crippen molar-refractivity contribution in [1.29, 1.82) is 0 Å². The fourth-order valence-corrected chi connectivity index (χ4v) is 14.3. The Morgan fingerprint density at radius 3 is 0.812 bits per heavy atom. The summed E-state index contributed by atoms with van der Waals surface area (Å²) >= 11 is 0. The molecular weight excluding hydrogens is 1670 g/mol. The number of pyridine rings is 1. The van der Waals surface area contributed by atoms with Gasteiger partial charge in [-0.2, -0.15) is 0 Å². The number of methoxy groups -OCH3 is 1.